The van der Waals surface area contributed by atoms with Crippen LogP contribution in [0.15, 0.2) is 72.9 Å². The van der Waals surface area contributed by atoms with E-state index >= 15 is 0 Å². The summed E-state index contributed by atoms with van der Waals surface area (Å²) < 4.78 is 68.3. The van der Waals surface area contributed by atoms with E-state index in [0.717, 1.165) is 173 Å². The molecule has 0 spiro atoms. The molecule has 546 valence electrons. The van der Waals surface area contributed by atoms with Crippen LogP contribution in [0.3, 0.4) is 0 Å². The number of carbonyl (C=O) groups excluding carboxylic acids is 4. The molecule has 0 aromatic rings. The van der Waals surface area contributed by atoms with Crippen molar-refractivity contribution in [2.45, 2.75) is 341 Å². The van der Waals surface area contributed by atoms with Crippen LogP contribution in [-0.4, -0.2) is 96.7 Å². The van der Waals surface area contributed by atoms with E-state index < -0.39 is 97.5 Å². The van der Waals surface area contributed by atoms with Crippen molar-refractivity contribution in [2.24, 2.45) is 0 Å². The topological polar surface area (TPSA) is 237 Å². The molecule has 0 heterocycles. The lowest BCUT2D eigenvalue weighted by Gasteiger charge is -2.21. The molecule has 0 bridgehead atoms. The monoisotopic (exact) mass is 1370 g/mol. The van der Waals surface area contributed by atoms with Crippen LogP contribution in [0.2, 0.25) is 0 Å². The van der Waals surface area contributed by atoms with Crippen LogP contribution in [0.25, 0.3) is 0 Å². The molecular formula is C75H134O17P2. The Labute approximate surface area is 571 Å². The van der Waals surface area contributed by atoms with Gasteiger partial charge in [0, 0.05) is 25.7 Å². The second-order valence-electron chi connectivity index (χ2n) is 24.9. The summed E-state index contributed by atoms with van der Waals surface area (Å²) in [6.45, 7) is 4.72. The molecule has 0 aromatic heterocycles. The maximum Gasteiger partial charge on any atom is 0.472 e. The van der Waals surface area contributed by atoms with Crippen molar-refractivity contribution in [3.8, 4) is 0 Å². The average Bonchev–Trinajstić information content (AvgIpc) is 1.24. The van der Waals surface area contributed by atoms with Crippen molar-refractivity contribution in [1.82, 2.24) is 0 Å². The largest absolute Gasteiger partial charge is 0.472 e. The van der Waals surface area contributed by atoms with E-state index in [9.17, 15) is 43.2 Å². The standard InChI is InChI=1S/C75H134O17P2/c1-5-9-13-17-21-25-29-31-32-33-34-35-36-38-42-44-48-52-56-60-73(78)86-66-71(92-75(80)62-58-54-50-46-40-28-24-20-16-12-8-4)68-90-94(83,84)88-64-69(76)63-87-93(81,82)89-67-70(91-74(79)61-57-53-49-45-39-27-23-19-15-11-7-3)65-85-72(77)59-55-51-47-43-41-37-30-26-22-18-14-10-6-2/h19-21,23-26,30-32,34-35,69-71,76H,5-18,22,27-29,33,36-68H2,1-4H3,(H,81,82)(H,83,84)/b23-19-,24-20-,25-21-,30-26-,32-31-,35-34-. The first-order valence-electron chi connectivity index (χ1n) is 37.2. The second-order valence-corrected chi connectivity index (χ2v) is 27.8. The molecule has 0 aliphatic carbocycles. The lowest BCUT2D eigenvalue weighted by molar-refractivity contribution is -0.161. The van der Waals surface area contributed by atoms with Crippen LogP contribution < -0.4 is 0 Å². The van der Waals surface area contributed by atoms with Gasteiger partial charge in [0.2, 0.25) is 0 Å². The lowest BCUT2D eigenvalue weighted by Crippen LogP contribution is -2.30. The van der Waals surface area contributed by atoms with Gasteiger partial charge in [-0.05, 0) is 128 Å². The number of carbonyl (C=O) groups is 4. The van der Waals surface area contributed by atoms with Gasteiger partial charge < -0.3 is 33.8 Å². The number of phosphoric acid groups is 2. The Morgan fingerprint density at radius 3 is 0.862 bits per heavy atom. The highest BCUT2D eigenvalue weighted by Crippen LogP contribution is 2.45. The number of allylic oxidation sites excluding steroid dienone is 12. The first kappa shape index (κ1) is 90.5. The number of aliphatic hydroxyl groups excluding tert-OH is 1. The molecule has 0 saturated carbocycles. The van der Waals surface area contributed by atoms with Crippen LogP contribution in [0, 0.1) is 0 Å². The zero-order chi connectivity index (χ0) is 69.0. The Kier molecular flexibility index (Phi) is 65.5. The highest BCUT2D eigenvalue weighted by Gasteiger charge is 2.30. The average molecular weight is 1370 g/mol. The lowest BCUT2D eigenvalue weighted by atomic mass is 10.1. The SMILES string of the molecule is CCCC/C=C\CCCCCCCC(=O)OC(COC(=O)CCCCCCC/C=C\CCCCCC)COP(=O)(O)OCC(O)COP(=O)(O)OCC(COC(=O)CCCCCCCC/C=C\C/C=C\C/C=C\CCCCC)OC(=O)CCCCCCC/C=C\CCCC. The summed E-state index contributed by atoms with van der Waals surface area (Å²) >= 11 is 0. The van der Waals surface area contributed by atoms with Crippen LogP contribution in [0.5, 0.6) is 0 Å². The fourth-order valence-electron chi connectivity index (χ4n) is 9.83. The van der Waals surface area contributed by atoms with Gasteiger partial charge in [-0.2, -0.15) is 0 Å². The number of rotatable bonds is 70. The van der Waals surface area contributed by atoms with E-state index in [0.29, 0.717) is 25.7 Å². The zero-order valence-corrected chi connectivity index (χ0v) is 61.2. The third-order valence-electron chi connectivity index (χ3n) is 15.6. The number of esters is 4. The van der Waals surface area contributed by atoms with Gasteiger partial charge in [0.1, 0.15) is 19.3 Å². The molecule has 5 atom stereocenters. The van der Waals surface area contributed by atoms with Crippen molar-refractivity contribution in [1.29, 1.82) is 0 Å². The maximum atomic E-state index is 13.0. The Bertz CT molecular complexity index is 2070. The van der Waals surface area contributed by atoms with Gasteiger partial charge in [-0.3, -0.25) is 37.3 Å². The van der Waals surface area contributed by atoms with E-state index in [2.05, 4.69) is 101 Å². The van der Waals surface area contributed by atoms with Crippen LogP contribution in [0.4, 0.5) is 0 Å². The predicted octanol–water partition coefficient (Wildman–Crippen LogP) is 20.9. The molecule has 0 rings (SSSR count). The molecule has 0 radical (unpaired) electrons. The van der Waals surface area contributed by atoms with Crippen molar-refractivity contribution in [2.75, 3.05) is 39.6 Å². The number of unbranched alkanes of at least 4 members (excludes halogenated alkanes) is 32. The number of hydrogen-bond donors (Lipinski definition) is 3. The number of phosphoric ester groups is 2. The normalized spacial score (nSPS) is 14.4. The third-order valence-corrected chi connectivity index (χ3v) is 17.5. The van der Waals surface area contributed by atoms with Gasteiger partial charge in [-0.15, -0.1) is 0 Å². The summed E-state index contributed by atoms with van der Waals surface area (Å²) in [6.07, 6.45) is 66.2. The van der Waals surface area contributed by atoms with Gasteiger partial charge in [0.15, 0.2) is 12.2 Å². The van der Waals surface area contributed by atoms with Gasteiger partial charge >= 0.3 is 39.5 Å². The van der Waals surface area contributed by atoms with Crippen LogP contribution in [-0.2, 0) is 65.4 Å². The Morgan fingerprint density at radius 2 is 0.532 bits per heavy atom. The second kappa shape index (κ2) is 68.0. The molecule has 0 amide bonds. The minimum atomic E-state index is -4.97. The minimum absolute atomic E-state index is 0.0831. The van der Waals surface area contributed by atoms with E-state index in [4.69, 9.17) is 37.0 Å². The summed E-state index contributed by atoms with van der Waals surface area (Å²) in [7, 11) is -9.94. The molecule has 19 heteroatoms. The van der Waals surface area contributed by atoms with Gasteiger partial charge in [0.25, 0.3) is 0 Å². The quantitative estimate of drug-likeness (QED) is 0.0169. The molecule has 0 aliphatic rings. The number of aliphatic hydroxyl groups is 1. The van der Waals surface area contributed by atoms with Crippen LogP contribution >= 0.6 is 15.6 Å². The summed E-state index contributed by atoms with van der Waals surface area (Å²) in [6, 6.07) is 0. The Hall–Kier alpha value is -3.50. The highest BCUT2D eigenvalue weighted by atomic mass is 31.2. The third kappa shape index (κ3) is 67.1. The number of ether oxygens (including phenoxy) is 4. The first-order valence-corrected chi connectivity index (χ1v) is 40.2. The molecular weight excluding hydrogens is 1230 g/mol. The van der Waals surface area contributed by atoms with Gasteiger partial charge in [-0.25, -0.2) is 9.13 Å². The summed E-state index contributed by atoms with van der Waals surface area (Å²) in [5, 5.41) is 10.6. The minimum Gasteiger partial charge on any atom is -0.462 e. The maximum absolute atomic E-state index is 13.0. The van der Waals surface area contributed by atoms with Crippen molar-refractivity contribution >= 4 is 39.5 Å². The van der Waals surface area contributed by atoms with Gasteiger partial charge in [-0.1, -0.05) is 242 Å². The molecule has 17 nitrogen and oxygen atoms in total. The van der Waals surface area contributed by atoms with Crippen molar-refractivity contribution in [3.05, 3.63) is 72.9 Å². The van der Waals surface area contributed by atoms with Crippen molar-refractivity contribution in [3.63, 3.8) is 0 Å². The van der Waals surface area contributed by atoms with Gasteiger partial charge in [0.05, 0.1) is 26.4 Å². The van der Waals surface area contributed by atoms with E-state index in [1.807, 2.05) is 0 Å². The molecule has 0 aromatic carbocycles. The number of hydrogen-bond acceptors (Lipinski definition) is 15. The zero-order valence-electron chi connectivity index (χ0n) is 59.4. The molecule has 0 saturated heterocycles. The molecule has 94 heavy (non-hydrogen) atoms. The predicted molar refractivity (Wildman–Crippen MR) is 381 cm³/mol. The van der Waals surface area contributed by atoms with E-state index in [-0.39, 0.29) is 25.7 Å². The van der Waals surface area contributed by atoms with E-state index in [1.54, 1.807) is 0 Å². The fourth-order valence-corrected chi connectivity index (χ4v) is 11.4. The summed E-state index contributed by atoms with van der Waals surface area (Å²) in [5.74, 6) is -2.20. The van der Waals surface area contributed by atoms with Crippen LogP contribution in [0.1, 0.15) is 323 Å². The fraction of sp³-hybridized carbons (Fsp3) is 0.787. The molecule has 5 unspecified atom stereocenters. The summed E-state index contributed by atoms with van der Waals surface area (Å²) in [4.78, 5) is 72.6. The first-order chi connectivity index (χ1) is 45.7. The Morgan fingerprint density at radius 1 is 0.298 bits per heavy atom. The molecule has 0 aliphatic heterocycles. The van der Waals surface area contributed by atoms with Crippen molar-refractivity contribution < 1.29 is 80.2 Å². The molecule has 3 N–H and O–H groups in total. The smallest absolute Gasteiger partial charge is 0.462 e. The Balaban J connectivity index is 5.28. The molecule has 0 fully saturated rings. The summed E-state index contributed by atoms with van der Waals surface area (Å²) in [5.41, 5.74) is 0. The van der Waals surface area contributed by atoms with E-state index in [1.165, 1.54) is 70.6 Å². The highest BCUT2D eigenvalue weighted by molar-refractivity contribution is 7.47.